The van der Waals surface area contributed by atoms with Crippen LogP contribution in [0.4, 0.5) is 14.6 Å². The summed E-state index contributed by atoms with van der Waals surface area (Å²) in [6, 6.07) is 5.80. The number of anilines is 1. The molecule has 0 unspecified atom stereocenters. The zero-order valence-corrected chi connectivity index (χ0v) is 18.3. The number of aliphatic hydroxyl groups excluding tert-OH is 1. The zero-order valence-electron chi connectivity index (χ0n) is 16.7. The van der Waals surface area contributed by atoms with Crippen LogP contribution in [0.1, 0.15) is 34.8 Å². The molecule has 1 aliphatic carbocycles. The number of ketones is 1. The minimum atomic E-state index is -1.44. The standard InChI is InChI=1S/C22H21BrF2N4O2/c1-12-6-18(19(25)20(12)30)28-22-15(8-26-11-27-22)21(31)14-4-5-29(10-14)9-13-2-3-17(24)16(23)7-13/h2-5,7-8,10-12,18-20,30H,6,9H2,1H3,(H,26,27,28)/t12-,18-,19-,20-/m1/s1. The first-order valence-corrected chi connectivity index (χ1v) is 10.7. The second-order valence-corrected chi connectivity index (χ2v) is 8.69. The van der Waals surface area contributed by atoms with E-state index in [0.29, 0.717) is 23.0 Å². The van der Waals surface area contributed by atoms with Crippen LogP contribution in [0, 0.1) is 11.7 Å². The van der Waals surface area contributed by atoms with E-state index in [1.165, 1.54) is 18.6 Å². The smallest absolute Gasteiger partial charge is 0.199 e. The van der Waals surface area contributed by atoms with Crippen molar-refractivity contribution < 1.29 is 18.7 Å². The fraction of sp³-hybridized carbons (Fsp3) is 0.318. The molecule has 3 aromatic rings. The highest BCUT2D eigenvalue weighted by atomic mass is 79.9. The van der Waals surface area contributed by atoms with Crippen molar-refractivity contribution in [2.45, 2.75) is 38.2 Å². The molecule has 1 aliphatic rings. The van der Waals surface area contributed by atoms with Gasteiger partial charge in [-0.2, -0.15) is 0 Å². The highest BCUT2D eigenvalue weighted by molar-refractivity contribution is 9.10. The van der Waals surface area contributed by atoms with Crippen LogP contribution < -0.4 is 5.32 Å². The number of aromatic nitrogens is 3. The van der Waals surface area contributed by atoms with E-state index in [-0.39, 0.29) is 28.9 Å². The number of alkyl halides is 1. The van der Waals surface area contributed by atoms with Gasteiger partial charge in [0, 0.05) is 30.7 Å². The van der Waals surface area contributed by atoms with Crippen LogP contribution in [-0.4, -0.2) is 43.7 Å². The number of hydrogen-bond acceptors (Lipinski definition) is 5. The van der Waals surface area contributed by atoms with Crippen LogP contribution in [0.5, 0.6) is 0 Å². The maximum absolute atomic E-state index is 14.4. The van der Waals surface area contributed by atoms with Gasteiger partial charge in [-0.3, -0.25) is 4.79 Å². The van der Waals surface area contributed by atoms with Crippen molar-refractivity contribution in [3.8, 4) is 0 Å². The van der Waals surface area contributed by atoms with Crippen LogP contribution in [0.25, 0.3) is 0 Å². The van der Waals surface area contributed by atoms with E-state index in [2.05, 4.69) is 31.2 Å². The number of benzene rings is 1. The van der Waals surface area contributed by atoms with E-state index in [4.69, 9.17) is 0 Å². The van der Waals surface area contributed by atoms with Gasteiger partial charge in [0.1, 0.15) is 24.1 Å². The number of carbonyl (C=O) groups excluding carboxylic acids is 1. The van der Waals surface area contributed by atoms with Crippen molar-refractivity contribution >= 4 is 27.5 Å². The van der Waals surface area contributed by atoms with Gasteiger partial charge in [0.25, 0.3) is 0 Å². The first-order chi connectivity index (χ1) is 14.8. The van der Waals surface area contributed by atoms with E-state index in [0.717, 1.165) is 5.56 Å². The van der Waals surface area contributed by atoms with Crippen LogP contribution >= 0.6 is 15.9 Å². The van der Waals surface area contributed by atoms with Crippen molar-refractivity contribution in [3.05, 3.63) is 76.2 Å². The Morgan fingerprint density at radius 2 is 2.19 bits per heavy atom. The second-order valence-electron chi connectivity index (χ2n) is 7.83. The predicted molar refractivity (Wildman–Crippen MR) is 115 cm³/mol. The first-order valence-electron chi connectivity index (χ1n) is 9.86. The maximum atomic E-state index is 14.4. The molecule has 0 radical (unpaired) electrons. The minimum absolute atomic E-state index is 0.186. The Kier molecular flexibility index (Phi) is 6.15. The predicted octanol–water partition coefficient (Wildman–Crippen LogP) is 3.98. The van der Waals surface area contributed by atoms with E-state index >= 15 is 0 Å². The summed E-state index contributed by atoms with van der Waals surface area (Å²) in [6.07, 6.45) is 4.09. The average Bonchev–Trinajstić information content (AvgIpc) is 3.31. The Morgan fingerprint density at radius 1 is 1.39 bits per heavy atom. The van der Waals surface area contributed by atoms with E-state index in [1.807, 2.05) is 4.57 Å². The average molecular weight is 491 g/mol. The normalized spacial score (nSPS) is 23.1. The lowest BCUT2D eigenvalue weighted by atomic mass is 10.1. The number of nitrogens with zero attached hydrogens (tertiary/aromatic N) is 3. The lowest BCUT2D eigenvalue weighted by Gasteiger charge is -2.18. The Morgan fingerprint density at radius 3 is 2.90 bits per heavy atom. The summed E-state index contributed by atoms with van der Waals surface area (Å²) in [7, 11) is 0. The van der Waals surface area contributed by atoms with Gasteiger partial charge in [-0.1, -0.05) is 13.0 Å². The summed E-state index contributed by atoms with van der Waals surface area (Å²) in [6.45, 7) is 2.25. The molecule has 2 heterocycles. The molecule has 1 aromatic carbocycles. The number of aliphatic hydroxyl groups is 1. The van der Waals surface area contributed by atoms with Crippen molar-refractivity contribution in [1.82, 2.24) is 14.5 Å². The molecule has 31 heavy (non-hydrogen) atoms. The van der Waals surface area contributed by atoms with Crippen LogP contribution in [-0.2, 0) is 6.54 Å². The lowest BCUT2D eigenvalue weighted by Crippen LogP contribution is -2.32. The van der Waals surface area contributed by atoms with Gasteiger partial charge in [0.2, 0.25) is 0 Å². The molecule has 4 rings (SSSR count). The van der Waals surface area contributed by atoms with Gasteiger partial charge >= 0.3 is 0 Å². The second kappa shape index (κ2) is 8.84. The van der Waals surface area contributed by atoms with E-state index in [9.17, 15) is 18.7 Å². The number of rotatable bonds is 6. The summed E-state index contributed by atoms with van der Waals surface area (Å²) in [5.41, 5.74) is 1.53. The summed E-state index contributed by atoms with van der Waals surface area (Å²) in [5, 5.41) is 12.9. The number of hydrogen-bond donors (Lipinski definition) is 2. The number of halogens is 3. The zero-order chi connectivity index (χ0) is 22.1. The molecule has 4 atom stereocenters. The molecular formula is C22H21BrF2N4O2. The third-order valence-electron chi connectivity index (χ3n) is 5.56. The van der Waals surface area contributed by atoms with Crippen molar-refractivity contribution in [1.29, 1.82) is 0 Å². The number of nitrogens with one attached hydrogen (secondary N) is 1. The Balaban J connectivity index is 1.52. The molecule has 0 spiro atoms. The molecule has 2 aromatic heterocycles. The van der Waals surface area contributed by atoms with Gasteiger partial charge in [-0.25, -0.2) is 18.7 Å². The monoisotopic (exact) mass is 490 g/mol. The van der Waals surface area contributed by atoms with Crippen LogP contribution in [0.2, 0.25) is 0 Å². The number of carbonyl (C=O) groups is 1. The topological polar surface area (TPSA) is 80.0 Å². The molecule has 0 saturated heterocycles. The van der Waals surface area contributed by atoms with Gasteiger partial charge in [0.15, 0.2) is 5.78 Å². The van der Waals surface area contributed by atoms with Gasteiger partial charge < -0.3 is 15.0 Å². The summed E-state index contributed by atoms with van der Waals surface area (Å²) < 4.78 is 30.0. The quantitative estimate of drug-likeness (QED) is 0.510. The Labute approximate surface area is 186 Å². The maximum Gasteiger partial charge on any atom is 0.199 e. The molecule has 1 saturated carbocycles. The molecule has 0 bridgehead atoms. The SMILES string of the molecule is C[C@@H]1C[C@@H](Nc2ncncc2C(=O)c2ccn(Cc3ccc(F)c(Br)c3)c2)[C@@H](F)[C@@H]1O. The largest absolute Gasteiger partial charge is 0.390 e. The molecule has 6 nitrogen and oxygen atoms in total. The molecule has 1 fully saturated rings. The van der Waals surface area contributed by atoms with Crippen molar-refractivity contribution in [2.24, 2.45) is 5.92 Å². The van der Waals surface area contributed by atoms with Crippen molar-refractivity contribution in [3.63, 3.8) is 0 Å². The highest BCUT2D eigenvalue weighted by Gasteiger charge is 2.41. The third-order valence-corrected chi connectivity index (χ3v) is 6.17. The van der Waals surface area contributed by atoms with Gasteiger partial charge in [-0.05, 0) is 52.0 Å². The molecular weight excluding hydrogens is 470 g/mol. The molecule has 2 N–H and O–H groups in total. The van der Waals surface area contributed by atoms with Gasteiger partial charge in [0.05, 0.1) is 22.2 Å². The Hall–Kier alpha value is -2.65. The minimum Gasteiger partial charge on any atom is -0.390 e. The molecule has 0 amide bonds. The summed E-state index contributed by atoms with van der Waals surface area (Å²) in [4.78, 5) is 21.2. The fourth-order valence-electron chi connectivity index (χ4n) is 3.82. The molecule has 9 heteroatoms. The van der Waals surface area contributed by atoms with E-state index < -0.39 is 18.3 Å². The van der Waals surface area contributed by atoms with Crippen LogP contribution in [0.3, 0.4) is 0 Å². The van der Waals surface area contributed by atoms with Crippen LogP contribution in [0.15, 0.2) is 53.7 Å². The summed E-state index contributed by atoms with van der Waals surface area (Å²) >= 11 is 3.17. The van der Waals surface area contributed by atoms with E-state index in [1.54, 1.807) is 37.5 Å². The molecule has 162 valence electrons. The summed E-state index contributed by atoms with van der Waals surface area (Å²) in [5.74, 6) is -0.585. The highest BCUT2D eigenvalue weighted by Crippen LogP contribution is 2.31. The Bertz CT molecular complexity index is 1110. The third kappa shape index (κ3) is 4.52. The molecule has 0 aliphatic heterocycles. The van der Waals surface area contributed by atoms with Crippen molar-refractivity contribution in [2.75, 3.05) is 5.32 Å². The lowest BCUT2D eigenvalue weighted by molar-refractivity contribution is 0.0725. The fourth-order valence-corrected chi connectivity index (χ4v) is 4.25. The first kappa shape index (κ1) is 21.6. The van der Waals surface area contributed by atoms with Gasteiger partial charge in [-0.15, -0.1) is 0 Å².